The van der Waals surface area contributed by atoms with E-state index in [1.165, 1.54) is 5.70 Å². The summed E-state index contributed by atoms with van der Waals surface area (Å²) in [5.74, 6) is 0. The fourth-order valence-electron chi connectivity index (χ4n) is 0.787. The first-order valence-electron chi connectivity index (χ1n) is 3.90. The predicted molar refractivity (Wildman–Crippen MR) is 48.2 cm³/mol. The summed E-state index contributed by atoms with van der Waals surface area (Å²) < 4.78 is 4.92. The molecule has 0 bridgehead atoms. The van der Waals surface area contributed by atoms with Gasteiger partial charge >= 0.3 is 0 Å². The van der Waals surface area contributed by atoms with Crippen molar-refractivity contribution in [3.8, 4) is 0 Å². The molecule has 0 aromatic carbocycles. The molecule has 0 atom stereocenters. The molecular formula is C9H17NO. The SMILES string of the molecule is C=CN/C(=C/CCOC)CC. The number of hydrogen-bond acceptors (Lipinski definition) is 2. The molecule has 0 amide bonds. The lowest BCUT2D eigenvalue weighted by Crippen LogP contribution is -2.03. The molecule has 11 heavy (non-hydrogen) atoms. The first kappa shape index (κ1) is 10.2. The topological polar surface area (TPSA) is 21.3 Å². The van der Waals surface area contributed by atoms with Gasteiger partial charge in [-0.25, -0.2) is 0 Å². The van der Waals surface area contributed by atoms with Gasteiger partial charge in [-0.2, -0.15) is 0 Å². The molecule has 0 saturated carbocycles. The number of methoxy groups -OCH3 is 1. The van der Waals surface area contributed by atoms with Crippen LogP contribution in [0.25, 0.3) is 0 Å². The average Bonchev–Trinajstić information content (AvgIpc) is 2.03. The van der Waals surface area contributed by atoms with Gasteiger partial charge in [-0.3, -0.25) is 0 Å². The average molecular weight is 155 g/mol. The van der Waals surface area contributed by atoms with E-state index in [2.05, 4.69) is 24.9 Å². The minimum Gasteiger partial charge on any atom is -0.384 e. The highest BCUT2D eigenvalue weighted by Crippen LogP contribution is 1.97. The summed E-state index contributed by atoms with van der Waals surface area (Å²) in [5.41, 5.74) is 1.21. The Labute approximate surface area is 68.9 Å². The summed E-state index contributed by atoms with van der Waals surface area (Å²) in [6.45, 7) is 6.48. The van der Waals surface area contributed by atoms with Crippen LogP contribution in [0.1, 0.15) is 19.8 Å². The Hall–Kier alpha value is -0.760. The van der Waals surface area contributed by atoms with Crippen LogP contribution in [0.4, 0.5) is 0 Å². The third kappa shape index (κ3) is 5.67. The van der Waals surface area contributed by atoms with Gasteiger partial charge in [0.25, 0.3) is 0 Å². The van der Waals surface area contributed by atoms with Crippen molar-refractivity contribution < 1.29 is 4.74 Å². The number of nitrogens with one attached hydrogen (secondary N) is 1. The van der Waals surface area contributed by atoms with Crippen molar-refractivity contribution in [2.45, 2.75) is 19.8 Å². The second-order valence-corrected chi connectivity index (χ2v) is 2.21. The lowest BCUT2D eigenvalue weighted by atomic mass is 10.3. The van der Waals surface area contributed by atoms with Crippen molar-refractivity contribution in [3.63, 3.8) is 0 Å². The molecule has 0 saturated heterocycles. The normalized spacial score (nSPS) is 11.3. The Balaban J connectivity index is 3.61. The molecule has 0 fully saturated rings. The predicted octanol–water partition coefficient (Wildman–Crippen LogP) is 2.05. The molecule has 0 spiro atoms. The Morgan fingerprint density at radius 3 is 2.82 bits per heavy atom. The van der Waals surface area contributed by atoms with Crippen LogP contribution in [0.2, 0.25) is 0 Å². The van der Waals surface area contributed by atoms with E-state index in [0.29, 0.717) is 0 Å². The highest BCUT2D eigenvalue weighted by atomic mass is 16.5. The van der Waals surface area contributed by atoms with Crippen LogP contribution in [0.15, 0.2) is 24.6 Å². The van der Waals surface area contributed by atoms with Gasteiger partial charge < -0.3 is 10.1 Å². The molecule has 64 valence electrons. The molecule has 0 radical (unpaired) electrons. The second kappa shape index (κ2) is 7.35. The summed E-state index contributed by atoms with van der Waals surface area (Å²) in [5, 5.41) is 3.06. The first-order valence-corrected chi connectivity index (χ1v) is 3.90. The lowest BCUT2D eigenvalue weighted by Gasteiger charge is -2.02. The summed E-state index contributed by atoms with van der Waals surface area (Å²) in [7, 11) is 1.71. The van der Waals surface area contributed by atoms with Crippen LogP contribution in [0, 0.1) is 0 Å². The molecule has 2 heteroatoms. The minimum absolute atomic E-state index is 0.780. The van der Waals surface area contributed by atoms with Crippen LogP contribution in [-0.4, -0.2) is 13.7 Å². The molecule has 0 rings (SSSR count). The maximum atomic E-state index is 4.92. The molecule has 0 aliphatic heterocycles. The van der Waals surface area contributed by atoms with Gasteiger partial charge in [-0.1, -0.05) is 19.6 Å². The van der Waals surface area contributed by atoms with Gasteiger partial charge in [0.15, 0.2) is 0 Å². The molecule has 0 aliphatic carbocycles. The molecular weight excluding hydrogens is 138 g/mol. The molecule has 1 N–H and O–H groups in total. The largest absolute Gasteiger partial charge is 0.384 e. The maximum Gasteiger partial charge on any atom is 0.0497 e. The smallest absolute Gasteiger partial charge is 0.0497 e. The van der Waals surface area contributed by atoms with Gasteiger partial charge in [0.2, 0.25) is 0 Å². The Bertz CT molecular complexity index is 130. The van der Waals surface area contributed by atoms with Gasteiger partial charge in [0.1, 0.15) is 0 Å². The van der Waals surface area contributed by atoms with Crippen LogP contribution < -0.4 is 5.32 Å². The van der Waals surface area contributed by atoms with E-state index in [1.807, 2.05) is 0 Å². The van der Waals surface area contributed by atoms with E-state index >= 15 is 0 Å². The maximum absolute atomic E-state index is 4.92. The van der Waals surface area contributed by atoms with Crippen molar-refractivity contribution in [1.82, 2.24) is 5.32 Å². The zero-order chi connectivity index (χ0) is 8.53. The molecule has 0 unspecified atom stereocenters. The summed E-state index contributed by atoms with van der Waals surface area (Å²) in [6, 6.07) is 0. The van der Waals surface area contributed by atoms with E-state index in [0.717, 1.165) is 19.4 Å². The van der Waals surface area contributed by atoms with E-state index < -0.39 is 0 Å². The third-order valence-corrected chi connectivity index (χ3v) is 1.38. The molecule has 0 aromatic heterocycles. The second-order valence-electron chi connectivity index (χ2n) is 2.21. The standard InChI is InChI=1S/C9H17NO/c1-4-9(10-5-2)7-6-8-11-3/h5,7,10H,2,4,6,8H2,1,3H3/b9-7+. The van der Waals surface area contributed by atoms with Crippen molar-refractivity contribution in [3.05, 3.63) is 24.6 Å². The van der Waals surface area contributed by atoms with Crippen molar-refractivity contribution in [2.24, 2.45) is 0 Å². The number of hydrogen-bond donors (Lipinski definition) is 1. The number of ether oxygens (including phenoxy) is 1. The Morgan fingerprint density at radius 2 is 2.36 bits per heavy atom. The molecule has 0 heterocycles. The highest BCUT2D eigenvalue weighted by molar-refractivity contribution is 5.01. The van der Waals surface area contributed by atoms with Crippen LogP contribution in [-0.2, 0) is 4.74 Å². The quantitative estimate of drug-likeness (QED) is 0.593. The molecule has 2 nitrogen and oxygen atoms in total. The first-order chi connectivity index (χ1) is 5.35. The summed E-state index contributed by atoms with van der Waals surface area (Å²) >= 11 is 0. The zero-order valence-electron chi connectivity index (χ0n) is 7.39. The molecule has 0 aliphatic rings. The van der Waals surface area contributed by atoms with Gasteiger partial charge in [0, 0.05) is 19.4 Å². The highest BCUT2D eigenvalue weighted by Gasteiger charge is 1.87. The van der Waals surface area contributed by atoms with Crippen LogP contribution in [0.3, 0.4) is 0 Å². The Kier molecular flexibility index (Phi) is 6.84. The van der Waals surface area contributed by atoms with Gasteiger partial charge in [-0.15, -0.1) is 0 Å². The van der Waals surface area contributed by atoms with Crippen molar-refractivity contribution in [1.29, 1.82) is 0 Å². The number of allylic oxidation sites excluding steroid dienone is 1. The monoisotopic (exact) mass is 155 g/mol. The van der Waals surface area contributed by atoms with Crippen molar-refractivity contribution in [2.75, 3.05) is 13.7 Å². The Morgan fingerprint density at radius 1 is 1.64 bits per heavy atom. The summed E-state index contributed by atoms with van der Waals surface area (Å²) in [4.78, 5) is 0. The molecule has 0 aromatic rings. The van der Waals surface area contributed by atoms with E-state index in [9.17, 15) is 0 Å². The summed E-state index contributed by atoms with van der Waals surface area (Å²) in [6.07, 6.45) is 5.80. The van der Waals surface area contributed by atoms with E-state index in [1.54, 1.807) is 13.3 Å². The fourth-order valence-corrected chi connectivity index (χ4v) is 0.787. The van der Waals surface area contributed by atoms with Crippen LogP contribution >= 0.6 is 0 Å². The lowest BCUT2D eigenvalue weighted by molar-refractivity contribution is 0.204. The fraction of sp³-hybridized carbons (Fsp3) is 0.556. The van der Waals surface area contributed by atoms with Crippen LogP contribution in [0.5, 0.6) is 0 Å². The zero-order valence-corrected chi connectivity index (χ0v) is 7.39. The van der Waals surface area contributed by atoms with Gasteiger partial charge in [-0.05, 0) is 19.0 Å². The third-order valence-electron chi connectivity index (χ3n) is 1.38. The van der Waals surface area contributed by atoms with Crippen molar-refractivity contribution >= 4 is 0 Å². The van der Waals surface area contributed by atoms with E-state index in [-0.39, 0.29) is 0 Å². The van der Waals surface area contributed by atoms with Gasteiger partial charge in [0.05, 0.1) is 0 Å². The van der Waals surface area contributed by atoms with E-state index in [4.69, 9.17) is 4.74 Å². The number of rotatable bonds is 6. The minimum atomic E-state index is 0.780.